The Labute approximate surface area is 249 Å². The number of amides is 2. The van der Waals surface area contributed by atoms with Gasteiger partial charge in [0, 0.05) is 57.0 Å². The zero-order chi connectivity index (χ0) is 28.9. The number of anilines is 4. The van der Waals surface area contributed by atoms with Gasteiger partial charge in [-0.25, -0.2) is 15.0 Å². The van der Waals surface area contributed by atoms with Crippen LogP contribution in [0.5, 0.6) is 0 Å². The van der Waals surface area contributed by atoms with E-state index in [2.05, 4.69) is 35.9 Å². The van der Waals surface area contributed by atoms with Gasteiger partial charge in [0.05, 0.1) is 10.6 Å². The zero-order valence-electron chi connectivity index (χ0n) is 22.2. The highest BCUT2D eigenvalue weighted by Crippen LogP contribution is 2.32. The van der Waals surface area contributed by atoms with Crippen molar-refractivity contribution in [3.05, 3.63) is 119 Å². The monoisotopic (exact) mass is 589 g/mol. The molecule has 0 saturated heterocycles. The van der Waals surface area contributed by atoms with Gasteiger partial charge in [0.1, 0.15) is 5.82 Å². The average molecular weight is 590 g/mol. The number of aromatic nitrogens is 4. The number of thiophene rings is 2. The summed E-state index contributed by atoms with van der Waals surface area (Å²) in [4.78, 5) is 45.9. The summed E-state index contributed by atoms with van der Waals surface area (Å²) < 4.78 is 0. The number of nitrogens with one attached hydrogen (secondary N) is 3. The number of carbonyl (C=O) groups excluding carboxylic acids is 2. The van der Waals surface area contributed by atoms with Gasteiger partial charge in [0.2, 0.25) is 5.95 Å². The van der Waals surface area contributed by atoms with Crippen molar-refractivity contribution in [3.8, 4) is 21.0 Å². The third-order valence-electron chi connectivity index (χ3n) is 6.21. The van der Waals surface area contributed by atoms with Crippen molar-refractivity contribution in [2.75, 3.05) is 16.0 Å². The van der Waals surface area contributed by atoms with E-state index in [1.165, 1.54) is 17.5 Å². The van der Waals surface area contributed by atoms with Crippen LogP contribution < -0.4 is 16.0 Å². The van der Waals surface area contributed by atoms with Crippen molar-refractivity contribution in [1.29, 1.82) is 0 Å². The quantitative estimate of drug-likeness (QED) is 0.171. The van der Waals surface area contributed by atoms with E-state index in [1.807, 2.05) is 66.9 Å². The first-order valence-electron chi connectivity index (χ1n) is 12.9. The molecule has 1 aromatic carbocycles. The Hall–Kier alpha value is -5.26. The molecule has 0 fully saturated rings. The highest BCUT2D eigenvalue weighted by Gasteiger charge is 2.14. The molecular formula is C31H23N7O2S2. The number of benzene rings is 1. The van der Waals surface area contributed by atoms with Crippen molar-refractivity contribution in [1.82, 2.24) is 19.9 Å². The topological polar surface area (TPSA) is 122 Å². The summed E-state index contributed by atoms with van der Waals surface area (Å²) in [5, 5.41) is 11.0. The molecule has 206 valence electrons. The number of pyridine rings is 2. The summed E-state index contributed by atoms with van der Waals surface area (Å²) in [6, 6.07) is 22.0. The maximum atomic E-state index is 13.1. The Bertz CT molecular complexity index is 1870. The normalized spacial score (nSPS) is 10.7. The predicted molar refractivity (Wildman–Crippen MR) is 168 cm³/mol. The van der Waals surface area contributed by atoms with Crippen molar-refractivity contribution in [3.63, 3.8) is 0 Å². The molecule has 3 N–H and O–H groups in total. The van der Waals surface area contributed by atoms with Crippen LogP contribution in [0.4, 0.5) is 23.1 Å². The van der Waals surface area contributed by atoms with Crippen LogP contribution in [0.25, 0.3) is 21.0 Å². The maximum absolute atomic E-state index is 13.1. The first kappa shape index (κ1) is 26.9. The van der Waals surface area contributed by atoms with E-state index in [-0.39, 0.29) is 17.6 Å². The average Bonchev–Trinajstić information content (AvgIpc) is 3.73. The zero-order valence-corrected chi connectivity index (χ0v) is 23.9. The van der Waals surface area contributed by atoms with Gasteiger partial charge in [0.15, 0.2) is 0 Å². The Balaban J connectivity index is 1.13. The summed E-state index contributed by atoms with van der Waals surface area (Å²) in [5.41, 5.74) is 4.26. The second-order valence-corrected chi connectivity index (χ2v) is 11.2. The molecule has 0 aliphatic rings. The van der Waals surface area contributed by atoms with Crippen molar-refractivity contribution < 1.29 is 9.59 Å². The van der Waals surface area contributed by atoms with E-state index in [0.29, 0.717) is 22.1 Å². The number of hydrogen-bond acceptors (Lipinski definition) is 9. The molecule has 9 nitrogen and oxygen atoms in total. The lowest BCUT2D eigenvalue weighted by molar-refractivity contribution is 0.101. The number of carbonyl (C=O) groups is 2. The molecule has 11 heteroatoms. The number of rotatable bonds is 8. The molecule has 2 amide bonds. The summed E-state index contributed by atoms with van der Waals surface area (Å²) in [7, 11) is 0. The van der Waals surface area contributed by atoms with Gasteiger partial charge < -0.3 is 16.0 Å². The SMILES string of the molecule is Cc1ccc(NC(=O)c2ccnc(NC(=O)c3ccc(-c4cccs4)s3)c2)cc1Nc1nccc(-c2cccnc2)n1. The summed E-state index contributed by atoms with van der Waals surface area (Å²) in [6.07, 6.45) is 6.63. The lowest BCUT2D eigenvalue weighted by Crippen LogP contribution is -2.15. The van der Waals surface area contributed by atoms with Crippen LogP contribution in [0.2, 0.25) is 0 Å². The van der Waals surface area contributed by atoms with E-state index in [0.717, 1.165) is 32.3 Å². The van der Waals surface area contributed by atoms with Crippen LogP contribution >= 0.6 is 22.7 Å². The van der Waals surface area contributed by atoms with Gasteiger partial charge in [-0.1, -0.05) is 12.1 Å². The van der Waals surface area contributed by atoms with Crippen LogP contribution in [0.1, 0.15) is 25.6 Å². The third kappa shape index (κ3) is 6.22. The Morgan fingerprint density at radius 3 is 2.55 bits per heavy atom. The van der Waals surface area contributed by atoms with E-state index in [1.54, 1.807) is 48.1 Å². The minimum atomic E-state index is -0.339. The van der Waals surface area contributed by atoms with Crippen LogP contribution in [0, 0.1) is 6.92 Å². The minimum Gasteiger partial charge on any atom is -0.324 e. The first-order chi connectivity index (χ1) is 20.5. The molecule has 0 bridgehead atoms. The van der Waals surface area contributed by atoms with Gasteiger partial charge in [-0.2, -0.15) is 0 Å². The molecule has 0 saturated carbocycles. The van der Waals surface area contributed by atoms with Crippen LogP contribution in [0.3, 0.4) is 0 Å². The molecule has 5 aromatic heterocycles. The predicted octanol–water partition coefficient (Wildman–Crippen LogP) is 7.28. The molecule has 42 heavy (non-hydrogen) atoms. The van der Waals surface area contributed by atoms with Crippen molar-refractivity contribution >= 4 is 57.6 Å². The first-order valence-corrected chi connectivity index (χ1v) is 14.5. The van der Waals surface area contributed by atoms with Crippen molar-refractivity contribution in [2.45, 2.75) is 6.92 Å². The number of aryl methyl sites for hydroxylation is 1. The fraction of sp³-hybridized carbons (Fsp3) is 0.0323. The van der Waals surface area contributed by atoms with Gasteiger partial charge in [-0.3, -0.25) is 14.6 Å². The summed E-state index contributed by atoms with van der Waals surface area (Å²) in [5.74, 6) is 0.0897. The minimum absolute atomic E-state index is 0.281. The Morgan fingerprint density at radius 2 is 1.71 bits per heavy atom. The third-order valence-corrected chi connectivity index (χ3v) is 8.36. The molecule has 0 aliphatic heterocycles. The van der Waals surface area contributed by atoms with E-state index >= 15 is 0 Å². The van der Waals surface area contributed by atoms with Gasteiger partial charge in [-0.05, 0) is 78.5 Å². The molecular weight excluding hydrogens is 567 g/mol. The Kier molecular flexibility index (Phi) is 7.75. The Morgan fingerprint density at radius 1 is 0.810 bits per heavy atom. The van der Waals surface area contributed by atoms with E-state index in [4.69, 9.17) is 0 Å². The highest BCUT2D eigenvalue weighted by molar-refractivity contribution is 7.22. The molecule has 0 unspecified atom stereocenters. The second kappa shape index (κ2) is 12.1. The summed E-state index contributed by atoms with van der Waals surface area (Å²) in [6.45, 7) is 1.95. The summed E-state index contributed by atoms with van der Waals surface area (Å²) >= 11 is 3.03. The molecule has 0 aliphatic carbocycles. The van der Waals surface area contributed by atoms with Crippen LogP contribution in [0.15, 0.2) is 103 Å². The van der Waals surface area contributed by atoms with Crippen molar-refractivity contribution in [2.24, 2.45) is 0 Å². The van der Waals surface area contributed by atoms with Crippen LogP contribution in [-0.2, 0) is 0 Å². The maximum Gasteiger partial charge on any atom is 0.266 e. The molecule has 0 spiro atoms. The van der Waals surface area contributed by atoms with Crippen LogP contribution in [-0.4, -0.2) is 31.8 Å². The van der Waals surface area contributed by atoms with E-state index < -0.39 is 0 Å². The van der Waals surface area contributed by atoms with Gasteiger partial charge in [0.25, 0.3) is 11.8 Å². The highest BCUT2D eigenvalue weighted by atomic mass is 32.1. The second-order valence-electron chi connectivity index (χ2n) is 9.14. The number of nitrogens with zero attached hydrogens (tertiary/aromatic N) is 4. The molecule has 6 rings (SSSR count). The largest absolute Gasteiger partial charge is 0.324 e. The lowest BCUT2D eigenvalue weighted by atomic mass is 10.1. The van der Waals surface area contributed by atoms with Gasteiger partial charge >= 0.3 is 0 Å². The molecule has 5 heterocycles. The number of hydrogen-bond donors (Lipinski definition) is 3. The smallest absolute Gasteiger partial charge is 0.266 e. The standard InChI is InChI=1S/C31H23N7O2S2/c1-19-6-7-22(17-24(19)37-31-34-14-11-23(36-31)21-4-2-12-32-18-21)35-29(39)20-10-13-33-28(16-20)38-30(40)27-9-8-26(42-27)25-5-3-15-41-25/h2-18H,1H3,(H,35,39)(H,33,38,40)(H,34,36,37). The fourth-order valence-corrected chi connectivity index (χ4v) is 5.82. The molecule has 0 radical (unpaired) electrons. The lowest BCUT2D eigenvalue weighted by Gasteiger charge is -2.12. The fourth-order valence-electron chi connectivity index (χ4n) is 4.08. The van der Waals surface area contributed by atoms with E-state index in [9.17, 15) is 9.59 Å². The molecule has 6 aromatic rings. The molecule has 0 atom stereocenters. The van der Waals surface area contributed by atoms with Gasteiger partial charge in [-0.15, -0.1) is 22.7 Å².